The normalized spacial score (nSPS) is 26.4. The highest BCUT2D eigenvalue weighted by atomic mass is 16.1. The summed E-state index contributed by atoms with van der Waals surface area (Å²) < 4.78 is 0. The molecule has 1 aliphatic heterocycles. The monoisotopic (exact) mass is 278 g/mol. The number of allylic oxidation sites excluding steroid dienone is 2. The molecular weight excluding hydrogens is 248 g/mol. The van der Waals surface area contributed by atoms with Gasteiger partial charge in [0, 0.05) is 18.5 Å². The summed E-state index contributed by atoms with van der Waals surface area (Å²) in [5.41, 5.74) is 0. The Hall–Kier alpha value is -0.830. The van der Waals surface area contributed by atoms with Crippen LogP contribution in [0.1, 0.15) is 52.4 Å². The Bertz CT molecular complexity index is 332. The van der Waals surface area contributed by atoms with E-state index < -0.39 is 0 Å². The molecule has 0 radical (unpaired) electrons. The van der Waals surface area contributed by atoms with Crippen molar-refractivity contribution < 1.29 is 4.79 Å². The maximum Gasteiger partial charge on any atom is 0.223 e. The van der Waals surface area contributed by atoms with E-state index in [1.807, 2.05) is 0 Å². The highest BCUT2D eigenvalue weighted by Gasteiger charge is 2.26. The second-order valence-corrected chi connectivity index (χ2v) is 6.54. The van der Waals surface area contributed by atoms with Gasteiger partial charge in [0.25, 0.3) is 0 Å². The molecule has 1 heterocycles. The molecule has 3 heteroatoms. The van der Waals surface area contributed by atoms with Crippen LogP contribution in [-0.4, -0.2) is 36.5 Å². The van der Waals surface area contributed by atoms with Gasteiger partial charge in [-0.15, -0.1) is 0 Å². The number of nitrogens with zero attached hydrogens (tertiary/aromatic N) is 1. The third kappa shape index (κ3) is 4.62. The van der Waals surface area contributed by atoms with Crippen LogP contribution in [0, 0.1) is 11.8 Å². The Balaban J connectivity index is 1.69. The van der Waals surface area contributed by atoms with Gasteiger partial charge < -0.3 is 10.2 Å². The van der Waals surface area contributed by atoms with Crippen LogP contribution in [0.2, 0.25) is 0 Å². The van der Waals surface area contributed by atoms with Crippen LogP contribution in [0.4, 0.5) is 0 Å². The van der Waals surface area contributed by atoms with Crippen molar-refractivity contribution in [1.29, 1.82) is 0 Å². The molecule has 1 N–H and O–H groups in total. The lowest BCUT2D eigenvalue weighted by Gasteiger charge is -2.34. The molecule has 2 atom stereocenters. The van der Waals surface area contributed by atoms with Crippen molar-refractivity contribution >= 4 is 5.91 Å². The smallest absolute Gasteiger partial charge is 0.223 e. The predicted octanol–water partition coefficient (Wildman–Crippen LogP) is 2.97. The van der Waals surface area contributed by atoms with Crippen molar-refractivity contribution in [3.63, 3.8) is 0 Å². The first-order valence-corrected chi connectivity index (χ1v) is 8.36. The number of piperidine rings is 1. The summed E-state index contributed by atoms with van der Waals surface area (Å²) in [6.07, 6.45) is 11.6. The minimum atomic E-state index is 0.242. The van der Waals surface area contributed by atoms with E-state index >= 15 is 0 Å². The largest absolute Gasteiger partial charge is 0.353 e. The van der Waals surface area contributed by atoms with Gasteiger partial charge in [0.05, 0.1) is 0 Å². The van der Waals surface area contributed by atoms with E-state index in [0.29, 0.717) is 6.04 Å². The second kappa shape index (κ2) is 7.82. The zero-order valence-corrected chi connectivity index (χ0v) is 13.1. The van der Waals surface area contributed by atoms with Crippen molar-refractivity contribution in [3.05, 3.63) is 12.2 Å². The summed E-state index contributed by atoms with van der Waals surface area (Å²) in [5, 5.41) is 3.13. The van der Waals surface area contributed by atoms with E-state index in [0.717, 1.165) is 38.3 Å². The van der Waals surface area contributed by atoms with Crippen molar-refractivity contribution in [1.82, 2.24) is 10.2 Å². The highest BCUT2D eigenvalue weighted by Crippen LogP contribution is 2.23. The van der Waals surface area contributed by atoms with Crippen LogP contribution in [-0.2, 0) is 4.79 Å². The Morgan fingerprint density at radius 2 is 2.05 bits per heavy atom. The molecule has 1 fully saturated rings. The molecular formula is C17H30N2O. The minimum absolute atomic E-state index is 0.242. The lowest BCUT2D eigenvalue weighted by atomic mass is 9.91. The molecule has 3 nitrogen and oxygen atoms in total. The summed E-state index contributed by atoms with van der Waals surface area (Å²) in [4.78, 5) is 14.7. The zero-order valence-electron chi connectivity index (χ0n) is 13.1. The molecule has 1 saturated heterocycles. The average Bonchev–Trinajstić information content (AvgIpc) is 2.49. The SMILES string of the molecule is CC[C@H](C)NC(=O)C1CCN(C[C@@H]2CC=CCC2)CC1. The number of rotatable bonds is 5. The predicted molar refractivity (Wildman–Crippen MR) is 83.5 cm³/mol. The highest BCUT2D eigenvalue weighted by molar-refractivity contribution is 5.79. The first-order chi connectivity index (χ1) is 9.69. The van der Waals surface area contributed by atoms with E-state index in [4.69, 9.17) is 0 Å². The molecule has 0 aromatic heterocycles. The van der Waals surface area contributed by atoms with Gasteiger partial charge in [-0.2, -0.15) is 0 Å². The lowest BCUT2D eigenvalue weighted by molar-refractivity contribution is -0.127. The van der Waals surface area contributed by atoms with Crippen LogP contribution >= 0.6 is 0 Å². The number of carbonyl (C=O) groups is 1. The number of nitrogens with one attached hydrogen (secondary N) is 1. The third-order valence-electron chi connectivity index (χ3n) is 4.85. The molecule has 2 aliphatic rings. The first-order valence-electron chi connectivity index (χ1n) is 8.36. The topological polar surface area (TPSA) is 32.3 Å². The molecule has 0 saturated carbocycles. The first kappa shape index (κ1) is 15.6. The van der Waals surface area contributed by atoms with Crippen LogP contribution in [0.15, 0.2) is 12.2 Å². The number of amides is 1. The quantitative estimate of drug-likeness (QED) is 0.784. The molecule has 0 aromatic rings. The maximum atomic E-state index is 12.1. The van der Waals surface area contributed by atoms with Gasteiger partial charge in [-0.05, 0) is 64.5 Å². The Labute approximate surface area is 123 Å². The molecule has 114 valence electrons. The number of likely N-dealkylation sites (tertiary alicyclic amines) is 1. The lowest BCUT2D eigenvalue weighted by Crippen LogP contribution is -2.44. The van der Waals surface area contributed by atoms with Crippen molar-refractivity contribution in [3.8, 4) is 0 Å². The molecule has 1 amide bonds. The number of hydrogen-bond donors (Lipinski definition) is 1. The standard InChI is InChI=1S/C17H30N2O/c1-3-14(2)18-17(20)16-9-11-19(12-10-16)13-15-7-5-4-6-8-15/h4-5,14-16H,3,6-13H2,1-2H3,(H,18,20)/t14-,15+/m0/s1. The number of hydrogen-bond acceptors (Lipinski definition) is 2. The van der Waals surface area contributed by atoms with Crippen molar-refractivity contribution in [2.24, 2.45) is 11.8 Å². The zero-order chi connectivity index (χ0) is 14.4. The van der Waals surface area contributed by atoms with Gasteiger partial charge in [-0.25, -0.2) is 0 Å². The van der Waals surface area contributed by atoms with Gasteiger partial charge in [-0.3, -0.25) is 4.79 Å². The molecule has 0 spiro atoms. The maximum absolute atomic E-state index is 12.1. The Morgan fingerprint density at radius 3 is 2.65 bits per heavy atom. The fourth-order valence-corrected chi connectivity index (χ4v) is 3.23. The van der Waals surface area contributed by atoms with E-state index in [1.165, 1.54) is 25.8 Å². The van der Waals surface area contributed by atoms with Crippen LogP contribution in [0.25, 0.3) is 0 Å². The van der Waals surface area contributed by atoms with E-state index in [-0.39, 0.29) is 11.8 Å². The average molecular weight is 278 g/mol. The van der Waals surface area contributed by atoms with Crippen LogP contribution in [0.3, 0.4) is 0 Å². The summed E-state index contributed by atoms with van der Waals surface area (Å²) in [5.74, 6) is 1.36. The third-order valence-corrected chi connectivity index (χ3v) is 4.85. The molecule has 20 heavy (non-hydrogen) atoms. The molecule has 0 aromatic carbocycles. The Kier molecular flexibility index (Phi) is 6.08. The summed E-state index contributed by atoms with van der Waals surface area (Å²) >= 11 is 0. The van der Waals surface area contributed by atoms with Crippen LogP contribution < -0.4 is 5.32 Å². The molecule has 1 aliphatic carbocycles. The van der Waals surface area contributed by atoms with E-state index in [1.54, 1.807) is 0 Å². The fraction of sp³-hybridized carbons (Fsp3) is 0.824. The van der Waals surface area contributed by atoms with Gasteiger partial charge in [0.2, 0.25) is 5.91 Å². The van der Waals surface area contributed by atoms with E-state index in [9.17, 15) is 4.79 Å². The summed E-state index contributed by atoms with van der Waals surface area (Å²) in [6.45, 7) is 7.62. The molecule has 0 bridgehead atoms. The minimum Gasteiger partial charge on any atom is -0.353 e. The fourth-order valence-electron chi connectivity index (χ4n) is 3.23. The van der Waals surface area contributed by atoms with Gasteiger partial charge in [0.15, 0.2) is 0 Å². The van der Waals surface area contributed by atoms with Crippen molar-refractivity contribution in [2.45, 2.75) is 58.4 Å². The molecule has 2 rings (SSSR count). The van der Waals surface area contributed by atoms with Crippen molar-refractivity contribution in [2.75, 3.05) is 19.6 Å². The molecule has 0 unspecified atom stereocenters. The van der Waals surface area contributed by atoms with Gasteiger partial charge in [-0.1, -0.05) is 19.1 Å². The Morgan fingerprint density at radius 1 is 1.30 bits per heavy atom. The van der Waals surface area contributed by atoms with E-state index in [2.05, 4.69) is 36.2 Å². The summed E-state index contributed by atoms with van der Waals surface area (Å²) in [7, 11) is 0. The van der Waals surface area contributed by atoms with Gasteiger partial charge >= 0.3 is 0 Å². The summed E-state index contributed by atoms with van der Waals surface area (Å²) in [6, 6.07) is 0.314. The van der Waals surface area contributed by atoms with Crippen LogP contribution in [0.5, 0.6) is 0 Å². The van der Waals surface area contributed by atoms with Gasteiger partial charge in [0.1, 0.15) is 0 Å². The number of carbonyl (C=O) groups excluding carboxylic acids is 1. The second-order valence-electron chi connectivity index (χ2n) is 6.54.